The van der Waals surface area contributed by atoms with Gasteiger partial charge < -0.3 is 19.9 Å². The number of methoxy groups -OCH3 is 1. The van der Waals surface area contributed by atoms with Crippen molar-refractivity contribution in [2.75, 3.05) is 63.6 Å². The number of benzene rings is 2. The first-order valence-corrected chi connectivity index (χ1v) is 13.7. The van der Waals surface area contributed by atoms with E-state index in [9.17, 15) is 4.79 Å². The Balaban J connectivity index is 1.32. The molecule has 0 radical (unpaired) electrons. The Morgan fingerprint density at radius 3 is 2.41 bits per heavy atom. The van der Waals surface area contributed by atoms with Crippen LogP contribution in [-0.2, 0) is 11.3 Å². The number of nitrogens with zero attached hydrogens (tertiary/aromatic N) is 4. The third-order valence-electron chi connectivity index (χ3n) is 7.79. The molecule has 0 atom stereocenters. The number of aromatic nitrogens is 2. The van der Waals surface area contributed by atoms with E-state index in [1.165, 1.54) is 12.1 Å². The highest BCUT2D eigenvalue weighted by Gasteiger charge is 2.27. The quantitative estimate of drug-likeness (QED) is 0.393. The molecule has 0 saturated carbocycles. The normalized spacial score (nSPS) is 17.0. The molecule has 2 N–H and O–H groups in total. The number of halogens is 2. The fourth-order valence-corrected chi connectivity index (χ4v) is 5.27. The van der Waals surface area contributed by atoms with Gasteiger partial charge in [0.2, 0.25) is 0 Å². The number of H-pyrrole nitrogens is 1. The number of hydrogen-bond donors (Lipinski definition) is 2. The number of rotatable bonds is 9. The molecule has 41 heavy (non-hydrogen) atoms. The topological polar surface area (TPSA) is 76.7 Å². The van der Waals surface area contributed by atoms with Gasteiger partial charge in [0.25, 0.3) is 5.91 Å². The molecule has 2 fully saturated rings. The number of piperazine rings is 1. The third-order valence-corrected chi connectivity index (χ3v) is 7.79. The van der Waals surface area contributed by atoms with Crippen molar-refractivity contribution in [3.8, 4) is 0 Å². The van der Waals surface area contributed by atoms with E-state index in [2.05, 4.69) is 43.8 Å². The van der Waals surface area contributed by atoms with Crippen molar-refractivity contribution in [2.24, 2.45) is 0 Å². The number of carbonyl (C=O) groups is 1. The molecule has 3 aromatic rings. The van der Waals surface area contributed by atoms with Crippen LogP contribution < -0.4 is 10.2 Å². The summed E-state index contributed by atoms with van der Waals surface area (Å²) in [5, 5.41) is 9.89. The highest BCUT2D eigenvalue weighted by molar-refractivity contribution is 6.05. The smallest absolute Gasteiger partial charge is 0.256 e. The molecule has 2 aliphatic rings. The first kappa shape index (κ1) is 28.7. The van der Waals surface area contributed by atoms with Crippen molar-refractivity contribution in [2.45, 2.75) is 19.6 Å². The minimum Gasteiger partial charge on any atom is -0.379 e. The Labute approximate surface area is 239 Å². The number of anilines is 2. The maximum Gasteiger partial charge on any atom is 0.256 e. The number of likely N-dealkylation sites (N-methyl/N-ethyl adjacent to an activating group) is 1. The van der Waals surface area contributed by atoms with Crippen LogP contribution in [0.1, 0.15) is 39.7 Å². The van der Waals surface area contributed by atoms with Crippen LogP contribution >= 0.6 is 0 Å². The lowest BCUT2D eigenvalue weighted by Crippen LogP contribution is -2.50. The maximum atomic E-state index is 15.2. The second-order valence-corrected chi connectivity index (χ2v) is 10.7. The van der Waals surface area contributed by atoms with E-state index in [1.54, 1.807) is 38.3 Å². The standard InChI is InChI=1S/C31H36F2N6O2/c1-5-28-25(14-20(2)29-26(32)15-21(16-27(29)33)17-38-18-24(19-38)41-4)30(36-35-28)34-31(40)22-6-8-23(9-7-22)39-12-10-37(3)11-13-39/h5-9,14-16,24H,1,10-13,17-19H2,2-4H3,(H2,34,35,36,40)/b20-14+. The number of allylic oxidation sites excluding steroid dienone is 1. The lowest BCUT2D eigenvalue weighted by Gasteiger charge is -2.38. The second-order valence-electron chi connectivity index (χ2n) is 10.7. The lowest BCUT2D eigenvalue weighted by molar-refractivity contribution is -0.0334. The number of likely N-dealkylation sites (tertiary alicyclic amines) is 1. The third kappa shape index (κ3) is 6.40. The summed E-state index contributed by atoms with van der Waals surface area (Å²) in [5.74, 6) is -1.39. The molecule has 216 valence electrons. The van der Waals surface area contributed by atoms with E-state index in [0.29, 0.717) is 34.5 Å². The van der Waals surface area contributed by atoms with Gasteiger partial charge in [-0.25, -0.2) is 8.78 Å². The molecule has 1 amide bonds. The average molecular weight is 563 g/mol. The largest absolute Gasteiger partial charge is 0.379 e. The van der Waals surface area contributed by atoms with Gasteiger partial charge in [-0.3, -0.25) is 14.8 Å². The number of nitrogens with one attached hydrogen (secondary N) is 2. The predicted molar refractivity (Wildman–Crippen MR) is 159 cm³/mol. The number of carbonyl (C=O) groups excluding carboxylic acids is 1. The molecule has 2 saturated heterocycles. The van der Waals surface area contributed by atoms with Crippen LogP contribution in [0.5, 0.6) is 0 Å². The predicted octanol–water partition coefficient (Wildman–Crippen LogP) is 4.73. The Morgan fingerprint density at radius 1 is 1.15 bits per heavy atom. The molecular formula is C31H36F2N6O2. The van der Waals surface area contributed by atoms with Crippen LogP contribution in [-0.4, -0.2) is 85.4 Å². The fourth-order valence-electron chi connectivity index (χ4n) is 5.27. The summed E-state index contributed by atoms with van der Waals surface area (Å²) in [6.07, 6.45) is 3.31. The zero-order valence-electron chi connectivity index (χ0n) is 23.7. The maximum absolute atomic E-state index is 15.2. The van der Waals surface area contributed by atoms with Gasteiger partial charge >= 0.3 is 0 Å². The van der Waals surface area contributed by atoms with Crippen LogP contribution in [0.2, 0.25) is 0 Å². The summed E-state index contributed by atoms with van der Waals surface area (Å²) < 4.78 is 35.6. The van der Waals surface area contributed by atoms with Crippen molar-refractivity contribution in [1.82, 2.24) is 20.0 Å². The molecule has 0 spiro atoms. The summed E-state index contributed by atoms with van der Waals surface area (Å²) >= 11 is 0. The molecule has 5 rings (SSSR count). The van der Waals surface area contributed by atoms with E-state index in [-0.39, 0.29) is 23.4 Å². The zero-order valence-corrected chi connectivity index (χ0v) is 23.7. The van der Waals surface area contributed by atoms with Crippen molar-refractivity contribution < 1.29 is 18.3 Å². The second kappa shape index (κ2) is 12.3. The summed E-state index contributed by atoms with van der Waals surface area (Å²) in [5.41, 5.74) is 3.34. The molecule has 2 aromatic carbocycles. The Bertz CT molecular complexity index is 1410. The molecule has 8 nitrogen and oxygen atoms in total. The van der Waals surface area contributed by atoms with Crippen LogP contribution in [0.4, 0.5) is 20.3 Å². The van der Waals surface area contributed by atoms with E-state index < -0.39 is 11.6 Å². The van der Waals surface area contributed by atoms with Crippen molar-refractivity contribution >= 4 is 35.1 Å². The summed E-state index contributed by atoms with van der Waals surface area (Å²) in [7, 11) is 3.77. The molecule has 0 unspecified atom stereocenters. The van der Waals surface area contributed by atoms with Crippen LogP contribution in [0, 0.1) is 11.6 Å². The minimum absolute atomic E-state index is 0.125. The van der Waals surface area contributed by atoms with Gasteiger partial charge in [0.1, 0.15) is 11.6 Å². The van der Waals surface area contributed by atoms with Crippen molar-refractivity contribution in [1.29, 1.82) is 0 Å². The highest BCUT2D eigenvalue weighted by Crippen LogP contribution is 2.30. The molecular weight excluding hydrogens is 526 g/mol. The van der Waals surface area contributed by atoms with E-state index in [1.807, 2.05) is 12.1 Å². The number of amides is 1. The molecule has 0 bridgehead atoms. The lowest BCUT2D eigenvalue weighted by atomic mass is 10.00. The number of ether oxygens (including phenoxy) is 1. The SMILES string of the molecule is C=Cc1[nH]nc(NC(=O)c2ccc(N3CCN(C)CC3)cc2)c1/C=C(\C)c1c(F)cc(CN2CC(OC)C2)cc1F. The highest BCUT2D eigenvalue weighted by atomic mass is 19.1. The summed E-state index contributed by atoms with van der Waals surface area (Å²) in [6, 6.07) is 10.2. The van der Waals surface area contributed by atoms with Gasteiger partial charge in [-0.1, -0.05) is 6.58 Å². The Hall–Kier alpha value is -3.86. The first-order chi connectivity index (χ1) is 19.7. The van der Waals surface area contributed by atoms with E-state index in [0.717, 1.165) is 45.0 Å². The number of aromatic amines is 1. The van der Waals surface area contributed by atoms with Gasteiger partial charge in [0.05, 0.1) is 11.8 Å². The van der Waals surface area contributed by atoms with Gasteiger partial charge in [0, 0.05) is 75.3 Å². The molecule has 10 heteroatoms. The van der Waals surface area contributed by atoms with Crippen molar-refractivity contribution in [3.63, 3.8) is 0 Å². The fraction of sp³-hybridized carbons (Fsp3) is 0.355. The minimum atomic E-state index is -0.646. The van der Waals surface area contributed by atoms with Gasteiger partial charge in [-0.05, 0) is 73.7 Å². The Morgan fingerprint density at radius 2 is 1.80 bits per heavy atom. The van der Waals surface area contributed by atoms with Crippen LogP contribution in [0.15, 0.2) is 43.0 Å². The zero-order chi connectivity index (χ0) is 29.1. The first-order valence-electron chi connectivity index (χ1n) is 13.7. The average Bonchev–Trinajstić information content (AvgIpc) is 3.31. The van der Waals surface area contributed by atoms with E-state index in [4.69, 9.17) is 4.74 Å². The monoisotopic (exact) mass is 562 g/mol. The molecule has 0 aliphatic carbocycles. The Kier molecular flexibility index (Phi) is 8.63. The van der Waals surface area contributed by atoms with Crippen molar-refractivity contribution in [3.05, 3.63) is 82.6 Å². The van der Waals surface area contributed by atoms with Crippen LogP contribution in [0.25, 0.3) is 17.7 Å². The van der Waals surface area contributed by atoms with Gasteiger partial charge in [-0.15, -0.1) is 0 Å². The molecule has 2 aliphatic heterocycles. The van der Waals surface area contributed by atoms with Gasteiger partial charge in [-0.2, -0.15) is 5.10 Å². The molecule has 1 aromatic heterocycles. The summed E-state index contributed by atoms with van der Waals surface area (Å²) in [4.78, 5) is 19.7. The number of hydrogen-bond acceptors (Lipinski definition) is 6. The van der Waals surface area contributed by atoms with E-state index >= 15 is 8.78 Å². The van der Waals surface area contributed by atoms with Crippen LogP contribution in [0.3, 0.4) is 0 Å². The molecule has 3 heterocycles. The van der Waals surface area contributed by atoms with Gasteiger partial charge in [0.15, 0.2) is 5.82 Å². The summed E-state index contributed by atoms with van der Waals surface area (Å²) in [6.45, 7) is 11.2.